The maximum Gasteiger partial charge on any atom is 0.317 e. The van der Waals surface area contributed by atoms with Crippen molar-refractivity contribution in [2.24, 2.45) is 0 Å². The lowest BCUT2D eigenvalue weighted by Gasteiger charge is -2.33. The monoisotopic (exact) mass is 370 g/mol. The summed E-state index contributed by atoms with van der Waals surface area (Å²) in [5, 5.41) is 3.00. The largest absolute Gasteiger partial charge is 0.338 e. The fraction of sp³-hybridized carbons (Fsp3) is 0.350. The summed E-state index contributed by atoms with van der Waals surface area (Å²) in [4.78, 5) is 32.2. The molecule has 0 radical (unpaired) electrons. The number of carbonyl (C=O) groups is 2. The highest BCUT2D eigenvalue weighted by molar-refractivity contribution is 5.94. The summed E-state index contributed by atoms with van der Waals surface area (Å²) < 4.78 is 13.8. The average molecular weight is 370 g/mol. The summed E-state index contributed by atoms with van der Waals surface area (Å²) >= 11 is 0. The molecule has 6 nitrogen and oxygen atoms in total. The van der Waals surface area contributed by atoms with Gasteiger partial charge in [0, 0.05) is 32.4 Å². The second-order valence-electron chi connectivity index (χ2n) is 6.67. The molecule has 1 aromatic heterocycles. The Morgan fingerprint density at radius 2 is 1.89 bits per heavy atom. The number of likely N-dealkylation sites (tertiary alicyclic amines) is 1. The number of benzene rings is 1. The zero-order valence-electron chi connectivity index (χ0n) is 15.3. The molecule has 27 heavy (non-hydrogen) atoms. The van der Waals surface area contributed by atoms with Crippen molar-refractivity contribution in [1.29, 1.82) is 0 Å². The Labute approximate surface area is 158 Å². The van der Waals surface area contributed by atoms with Gasteiger partial charge in [-0.05, 0) is 37.1 Å². The van der Waals surface area contributed by atoms with Gasteiger partial charge in [-0.15, -0.1) is 0 Å². The molecule has 2 heterocycles. The summed E-state index contributed by atoms with van der Waals surface area (Å²) in [7, 11) is 1.72. The number of pyridine rings is 1. The SMILES string of the molecule is CN(Cc1ccccn1)C(=O)NC1CCN(C(=O)c2ccccc2F)CC1. The van der Waals surface area contributed by atoms with Gasteiger partial charge in [0.1, 0.15) is 5.82 Å². The van der Waals surface area contributed by atoms with E-state index in [1.807, 2.05) is 18.2 Å². The highest BCUT2D eigenvalue weighted by atomic mass is 19.1. The van der Waals surface area contributed by atoms with Crippen LogP contribution in [0.5, 0.6) is 0 Å². The van der Waals surface area contributed by atoms with Gasteiger partial charge >= 0.3 is 6.03 Å². The van der Waals surface area contributed by atoms with Crippen LogP contribution in [-0.4, -0.2) is 52.9 Å². The van der Waals surface area contributed by atoms with E-state index in [2.05, 4.69) is 10.3 Å². The van der Waals surface area contributed by atoms with E-state index in [0.717, 1.165) is 5.69 Å². The topological polar surface area (TPSA) is 65.5 Å². The van der Waals surface area contributed by atoms with Crippen LogP contribution in [0.4, 0.5) is 9.18 Å². The van der Waals surface area contributed by atoms with Gasteiger partial charge in [-0.2, -0.15) is 0 Å². The number of amides is 3. The second kappa shape index (κ2) is 8.62. The third-order valence-electron chi connectivity index (χ3n) is 4.69. The van der Waals surface area contributed by atoms with Crippen LogP contribution in [-0.2, 0) is 6.54 Å². The van der Waals surface area contributed by atoms with Gasteiger partial charge < -0.3 is 15.1 Å². The van der Waals surface area contributed by atoms with E-state index in [4.69, 9.17) is 0 Å². The van der Waals surface area contributed by atoms with E-state index >= 15 is 0 Å². The van der Waals surface area contributed by atoms with Gasteiger partial charge in [0.15, 0.2) is 0 Å². The first-order valence-electron chi connectivity index (χ1n) is 9.00. The number of aromatic nitrogens is 1. The lowest BCUT2D eigenvalue weighted by atomic mass is 10.0. The van der Waals surface area contributed by atoms with Gasteiger partial charge in [-0.3, -0.25) is 9.78 Å². The molecule has 1 N–H and O–H groups in total. The molecule has 3 amide bonds. The molecule has 1 fully saturated rings. The molecule has 0 spiro atoms. The van der Waals surface area contributed by atoms with E-state index in [9.17, 15) is 14.0 Å². The number of hydrogen-bond acceptors (Lipinski definition) is 3. The Kier molecular flexibility index (Phi) is 6.01. The van der Waals surface area contributed by atoms with E-state index in [1.165, 1.54) is 12.1 Å². The van der Waals surface area contributed by atoms with E-state index in [0.29, 0.717) is 32.5 Å². The van der Waals surface area contributed by atoms with Crippen LogP contribution in [0.2, 0.25) is 0 Å². The number of nitrogens with one attached hydrogen (secondary N) is 1. The molecule has 0 bridgehead atoms. The molecule has 1 saturated heterocycles. The van der Waals surface area contributed by atoms with Crippen molar-refractivity contribution in [3.05, 3.63) is 65.7 Å². The Bertz CT molecular complexity index is 792. The highest BCUT2D eigenvalue weighted by Gasteiger charge is 2.26. The van der Waals surface area contributed by atoms with E-state index in [1.54, 1.807) is 35.2 Å². The Morgan fingerprint density at radius 1 is 1.19 bits per heavy atom. The van der Waals surface area contributed by atoms with Crippen LogP contribution in [0.1, 0.15) is 28.9 Å². The minimum Gasteiger partial charge on any atom is -0.338 e. The first kappa shape index (κ1) is 18.8. The number of urea groups is 1. The summed E-state index contributed by atoms with van der Waals surface area (Å²) in [6.07, 6.45) is 2.98. The van der Waals surface area contributed by atoms with Crippen molar-refractivity contribution in [1.82, 2.24) is 20.1 Å². The van der Waals surface area contributed by atoms with Crippen LogP contribution < -0.4 is 5.32 Å². The lowest BCUT2D eigenvalue weighted by Crippen LogP contribution is -2.49. The van der Waals surface area contributed by atoms with Crippen LogP contribution >= 0.6 is 0 Å². The van der Waals surface area contributed by atoms with Crippen molar-refractivity contribution in [3.63, 3.8) is 0 Å². The minimum atomic E-state index is -0.505. The Balaban J connectivity index is 1.48. The normalized spacial score (nSPS) is 14.7. The molecule has 0 aliphatic carbocycles. The Hall–Kier alpha value is -2.96. The van der Waals surface area contributed by atoms with Gasteiger partial charge in [-0.1, -0.05) is 18.2 Å². The van der Waals surface area contributed by atoms with Crippen molar-refractivity contribution >= 4 is 11.9 Å². The second-order valence-corrected chi connectivity index (χ2v) is 6.67. The van der Waals surface area contributed by atoms with E-state index < -0.39 is 5.82 Å². The van der Waals surface area contributed by atoms with Crippen molar-refractivity contribution < 1.29 is 14.0 Å². The maximum absolute atomic E-state index is 13.8. The third kappa shape index (κ3) is 4.81. The molecule has 3 rings (SSSR count). The van der Waals surface area contributed by atoms with Crippen LogP contribution in [0.15, 0.2) is 48.7 Å². The molecular formula is C20H23FN4O2. The number of nitrogens with zero attached hydrogens (tertiary/aromatic N) is 3. The zero-order chi connectivity index (χ0) is 19.2. The van der Waals surface area contributed by atoms with Crippen molar-refractivity contribution in [3.8, 4) is 0 Å². The molecule has 2 aromatic rings. The lowest BCUT2D eigenvalue weighted by molar-refractivity contribution is 0.0702. The quantitative estimate of drug-likeness (QED) is 0.900. The molecule has 0 atom stereocenters. The molecular weight excluding hydrogens is 347 g/mol. The first-order chi connectivity index (χ1) is 13.0. The highest BCUT2D eigenvalue weighted by Crippen LogP contribution is 2.16. The number of rotatable bonds is 4. The summed E-state index contributed by atoms with van der Waals surface area (Å²) in [6, 6.07) is 11.4. The molecule has 7 heteroatoms. The van der Waals surface area contributed by atoms with Gasteiger partial charge in [-0.25, -0.2) is 9.18 Å². The number of hydrogen-bond donors (Lipinski definition) is 1. The zero-order valence-corrected chi connectivity index (χ0v) is 15.3. The maximum atomic E-state index is 13.8. The van der Waals surface area contributed by atoms with Gasteiger partial charge in [0.05, 0.1) is 17.8 Å². The number of halogens is 1. The van der Waals surface area contributed by atoms with Crippen LogP contribution in [0.3, 0.4) is 0 Å². The predicted octanol–water partition coefficient (Wildman–Crippen LogP) is 2.67. The van der Waals surface area contributed by atoms with Gasteiger partial charge in [0.2, 0.25) is 0 Å². The summed E-state index contributed by atoms with van der Waals surface area (Å²) in [6.45, 7) is 1.40. The molecule has 1 aromatic carbocycles. The van der Waals surface area contributed by atoms with E-state index in [-0.39, 0.29) is 23.5 Å². The van der Waals surface area contributed by atoms with Crippen molar-refractivity contribution in [2.75, 3.05) is 20.1 Å². The predicted molar refractivity (Wildman–Crippen MR) is 99.6 cm³/mol. The number of carbonyl (C=O) groups excluding carboxylic acids is 2. The fourth-order valence-electron chi connectivity index (χ4n) is 3.12. The molecule has 1 aliphatic heterocycles. The smallest absolute Gasteiger partial charge is 0.317 e. The van der Waals surface area contributed by atoms with Crippen molar-refractivity contribution in [2.45, 2.75) is 25.4 Å². The average Bonchev–Trinajstić information content (AvgIpc) is 2.69. The van der Waals surface area contributed by atoms with Gasteiger partial charge in [0.25, 0.3) is 5.91 Å². The molecule has 0 saturated carbocycles. The number of piperidine rings is 1. The Morgan fingerprint density at radius 3 is 2.56 bits per heavy atom. The standard InChI is InChI=1S/C20H23FN4O2/c1-24(14-16-6-4-5-11-22-16)20(27)23-15-9-12-25(13-10-15)19(26)17-7-2-3-8-18(17)21/h2-8,11,15H,9-10,12-14H2,1H3,(H,23,27). The van der Waals surface area contributed by atoms with Crippen LogP contribution in [0.25, 0.3) is 0 Å². The molecule has 142 valence electrons. The summed E-state index contributed by atoms with van der Waals surface area (Å²) in [5.41, 5.74) is 0.913. The van der Waals surface area contributed by atoms with Crippen LogP contribution in [0, 0.1) is 5.82 Å². The molecule has 1 aliphatic rings. The first-order valence-corrected chi connectivity index (χ1v) is 9.00. The summed E-state index contributed by atoms with van der Waals surface area (Å²) in [5.74, 6) is -0.806. The minimum absolute atomic E-state index is 0.00615. The fourth-order valence-corrected chi connectivity index (χ4v) is 3.12. The third-order valence-corrected chi connectivity index (χ3v) is 4.69. The molecule has 0 unspecified atom stereocenters.